The average Bonchev–Trinajstić information content (AvgIpc) is 2.47. The molecule has 0 saturated heterocycles. The number of hydrogen-bond acceptors (Lipinski definition) is 3. The molecule has 0 heterocycles. The highest BCUT2D eigenvalue weighted by molar-refractivity contribution is 8.00. The topological polar surface area (TPSA) is 34.1 Å². The van der Waals surface area contributed by atoms with E-state index in [0.717, 1.165) is 29.8 Å². The number of rotatable bonds is 5. The third-order valence-corrected chi connectivity index (χ3v) is 5.72. The first kappa shape index (κ1) is 17.8. The molecular formula is C15H12F4O2S2. The van der Waals surface area contributed by atoms with Gasteiger partial charge in [-0.3, -0.25) is 0 Å². The average molecular weight is 364 g/mol. The van der Waals surface area contributed by atoms with Gasteiger partial charge in [-0.15, -0.1) is 0 Å². The van der Waals surface area contributed by atoms with Crippen molar-refractivity contribution < 1.29 is 26.0 Å². The Labute approximate surface area is 135 Å². The van der Waals surface area contributed by atoms with Crippen LogP contribution >= 0.6 is 11.8 Å². The monoisotopic (exact) mass is 364 g/mol. The summed E-state index contributed by atoms with van der Waals surface area (Å²) in [6.45, 7) is 1.81. The predicted octanol–water partition coefficient (Wildman–Crippen LogP) is 4.78. The first-order valence-electron chi connectivity index (χ1n) is 6.40. The second-order valence-corrected chi connectivity index (χ2v) is 7.92. The molecule has 2 nitrogen and oxygen atoms in total. The van der Waals surface area contributed by atoms with Crippen LogP contribution in [0.3, 0.4) is 0 Å². The summed E-state index contributed by atoms with van der Waals surface area (Å²) >= 11 is -0.307. The maximum absolute atomic E-state index is 13.0. The third kappa shape index (κ3) is 4.06. The van der Waals surface area contributed by atoms with Gasteiger partial charge >= 0.3 is 11.7 Å². The molecule has 0 saturated carbocycles. The molecule has 0 aliphatic carbocycles. The van der Waals surface area contributed by atoms with Crippen molar-refractivity contribution in [1.29, 1.82) is 0 Å². The van der Waals surface area contributed by atoms with Crippen LogP contribution in [0.2, 0.25) is 0 Å². The zero-order chi connectivity index (χ0) is 17.3. The predicted molar refractivity (Wildman–Crippen MR) is 79.9 cm³/mol. The highest BCUT2D eigenvalue weighted by atomic mass is 32.2. The molecule has 0 atom stereocenters. The third-order valence-electron chi connectivity index (χ3n) is 2.97. The molecule has 0 aromatic heterocycles. The van der Waals surface area contributed by atoms with Crippen molar-refractivity contribution in [3.8, 4) is 0 Å². The smallest absolute Gasteiger partial charge is 0.219 e. The molecule has 23 heavy (non-hydrogen) atoms. The van der Waals surface area contributed by atoms with E-state index in [-0.39, 0.29) is 26.4 Å². The van der Waals surface area contributed by atoms with Crippen LogP contribution in [0, 0.1) is 6.92 Å². The lowest BCUT2D eigenvalue weighted by atomic mass is 10.2. The molecule has 0 unspecified atom stereocenters. The van der Waals surface area contributed by atoms with Gasteiger partial charge < -0.3 is 0 Å². The van der Waals surface area contributed by atoms with Crippen LogP contribution in [0.4, 0.5) is 17.6 Å². The Morgan fingerprint density at radius 2 is 1.35 bits per heavy atom. The van der Waals surface area contributed by atoms with Gasteiger partial charge in [-0.2, -0.15) is 8.78 Å². The van der Waals surface area contributed by atoms with Crippen LogP contribution < -0.4 is 0 Å². The van der Waals surface area contributed by atoms with Crippen molar-refractivity contribution in [3.63, 3.8) is 0 Å². The lowest BCUT2D eigenvalue weighted by molar-refractivity contribution is -0.0563. The lowest BCUT2D eigenvalue weighted by Crippen LogP contribution is -2.21. The van der Waals surface area contributed by atoms with Crippen molar-refractivity contribution in [2.24, 2.45) is 0 Å². The molecule has 2 aromatic carbocycles. The van der Waals surface area contributed by atoms with Gasteiger partial charge in [0.25, 0.3) is 0 Å². The van der Waals surface area contributed by atoms with Crippen LogP contribution in [0.25, 0.3) is 0 Å². The van der Waals surface area contributed by atoms with Crippen molar-refractivity contribution in [2.45, 2.75) is 33.3 Å². The Balaban J connectivity index is 2.27. The van der Waals surface area contributed by atoms with Gasteiger partial charge in [0.15, 0.2) is 0 Å². The van der Waals surface area contributed by atoms with E-state index in [9.17, 15) is 26.0 Å². The minimum Gasteiger partial charge on any atom is -0.219 e. The normalized spacial score (nSPS) is 12.6. The van der Waals surface area contributed by atoms with E-state index in [1.54, 1.807) is 12.1 Å². The maximum atomic E-state index is 13.0. The van der Waals surface area contributed by atoms with Crippen LogP contribution in [-0.2, 0) is 9.84 Å². The minimum absolute atomic E-state index is 0.0708. The van der Waals surface area contributed by atoms with Gasteiger partial charge in [0, 0.05) is 4.90 Å². The summed E-state index contributed by atoms with van der Waals surface area (Å²) in [5, 5.41) is -4.22. The largest absolute Gasteiger partial charge is 0.357 e. The van der Waals surface area contributed by atoms with E-state index in [2.05, 4.69) is 0 Å². The van der Waals surface area contributed by atoms with Crippen molar-refractivity contribution in [1.82, 2.24) is 0 Å². The molecule has 0 aliphatic rings. The Bertz CT molecular complexity index is 770. The fourth-order valence-electron chi connectivity index (χ4n) is 1.74. The summed E-state index contributed by atoms with van der Waals surface area (Å²) in [6.07, 6.45) is -3.80. The van der Waals surface area contributed by atoms with Gasteiger partial charge in [0.2, 0.25) is 9.84 Å². The number of alkyl halides is 4. The number of hydrogen-bond donors (Lipinski definition) is 0. The Kier molecular flexibility index (Phi) is 5.05. The molecule has 0 aliphatic heterocycles. The van der Waals surface area contributed by atoms with Crippen molar-refractivity contribution >= 4 is 21.6 Å². The van der Waals surface area contributed by atoms with Crippen LogP contribution in [0.15, 0.2) is 63.2 Å². The maximum Gasteiger partial charge on any atom is 0.357 e. The number of halogens is 4. The Morgan fingerprint density at radius 3 is 1.78 bits per heavy atom. The van der Waals surface area contributed by atoms with Crippen LogP contribution in [0.5, 0.6) is 0 Å². The fraction of sp³-hybridized carbons (Fsp3) is 0.200. The first-order chi connectivity index (χ1) is 10.6. The van der Waals surface area contributed by atoms with E-state index in [4.69, 9.17) is 0 Å². The summed E-state index contributed by atoms with van der Waals surface area (Å²) in [7, 11) is -3.78. The Hall–Kier alpha value is -1.54. The quantitative estimate of drug-likeness (QED) is 0.566. The van der Waals surface area contributed by atoms with E-state index in [0.29, 0.717) is 0 Å². The first-order valence-corrected chi connectivity index (χ1v) is 8.70. The van der Waals surface area contributed by atoms with Gasteiger partial charge in [0.1, 0.15) is 0 Å². The van der Waals surface area contributed by atoms with E-state index in [1.165, 1.54) is 12.1 Å². The van der Waals surface area contributed by atoms with Crippen molar-refractivity contribution in [2.75, 3.05) is 0 Å². The number of sulfone groups is 1. The molecule has 0 fully saturated rings. The SMILES string of the molecule is Cc1ccc(S(=O)(=O)c2ccc(SC(F)(F)C(F)F)cc2)cc1. The van der Waals surface area contributed by atoms with E-state index >= 15 is 0 Å². The molecule has 0 N–H and O–H groups in total. The summed E-state index contributed by atoms with van der Waals surface area (Å²) < 4.78 is 75.0. The lowest BCUT2D eigenvalue weighted by Gasteiger charge is -2.14. The van der Waals surface area contributed by atoms with Crippen molar-refractivity contribution in [3.05, 3.63) is 54.1 Å². The van der Waals surface area contributed by atoms with Gasteiger partial charge in [-0.1, -0.05) is 17.7 Å². The van der Waals surface area contributed by atoms with E-state index < -0.39 is 21.5 Å². The molecule has 124 valence electrons. The highest BCUT2D eigenvalue weighted by Gasteiger charge is 2.41. The molecule has 8 heteroatoms. The number of benzene rings is 2. The number of aryl methyl sites for hydroxylation is 1. The molecule has 0 spiro atoms. The zero-order valence-corrected chi connectivity index (χ0v) is 13.5. The van der Waals surface area contributed by atoms with Crippen LogP contribution in [-0.4, -0.2) is 20.1 Å². The second-order valence-electron chi connectivity index (χ2n) is 4.75. The standard InChI is InChI=1S/C15H12F4O2S2/c1-10-2-6-12(7-3-10)23(20,21)13-8-4-11(5-9-13)22-15(18,19)14(16)17/h2-9,14H,1H3. The zero-order valence-electron chi connectivity index (χ0n) is 11.8. The number of thioether (sulfide) groups is 1. The van der Waals surface area contributed by atoms with Gasteiger partial charge in [-0.05, 0) is 55.1 Å². The fourth-order valence-corrected chi connectivity index (χ4v) is 3.68. The summed E-state index contributed by atoms with van der Waals surface area (Å²) in [5.74, 6) is 0. The molecule has 0 amide bonds. The van der Waals surface area contributed by atoms with Crippen LogP contribution in [0.1, 0.15) is 5.56 Å². The van der Waals surface area contributed by atoms with Gasteiger partial charge in [-0.25, -0.2) is 17.2 Å². The molecule has 0 bridgehead atoms. The Morgan fingerprint density at radius 1 is 0.913 bits per heavy atom. The minimum atomic E-state index is -4.22. The van der Waals surface area contributed by atoms with Gasteiger partial charge in [0.05, 0.1) is 9.79 Å². The molecular weight excluding hydrogens is 352 g/mol. The second kappa shape index (κ2) is 6.52. The molecule has 0 radical (unpaired) electrons. The molecule has 2 rings (SSSR count). The summed E-state index contributed by atoms with van der Waals surface area (Å²) in [6, 6.07) is 10.6. The summed E-state index contributed by atoms with van der Waals surface area (Å²) in [5.41, 5.74) is 0.893. The molecule has 2 aromatic rings. The summed E-state index contributed by atoms with van der Waals surface area (Å²) in [4.78, 5) is -0.161. The highest BCUT2D eigenvalue weighted by Crippen LogP contribution is 2.40. The van der Waals surface area contributed by atoms with E-state index in [1.807, 2.05) is 6.92 Å².